The molecule has 0 aromatic heterocycles. The molecule has 1 aromatic carbocycles. The molecular weight excluding hydrogens is 250 g/mol. The minimum Gasteiger partial charge on any atom is -0.381 e. The molecular formula is C12H13F4NO. The molecule has 0 aliphatic carbocycles. The maximum absolute atomic E-state index is 13.4. The van der Waals surface area contributed by atoms with E-state index in [9.17, 15) is 17.6 Å². The Kier molecular flexibility index (Phi) is 3.59. The van der Waals surface area contributed by atoms with Crippen LogP contribution in [0.4, 0.5) is 17.6 Å². The molecule has 0 amide bonds. The van der Waals surface area contributed by atoms with Crippen molar-refractivity contribution in [2.75, 3.05) is 13.2 Å². The number of hydrogen-bond donors (Lipinski definition) is 1. The first-order chi connectivity index (χ1) is 8.39. The third kappa shape index (κ3) is 2.64. The van der Waals surface area contributed by atoms with Crippen molar-refractivity contribution in [2.45, 2.75) is 18.6 Å². The average Bonchev–Trinajstić information content (AvgIpc) is 2.79. The van der Waals surface area contributed by atoms with Gasteiger partial charge in [-0.1, -0.05) is 6.07 Å². The Labute approximate surface area is 102 Å². The fourth-order valence-electron chi connectivity index (χ4n) is 2.08. The van der Waals surface area contributed by atoms with E-state index < -0.39 is 23.6 Å². The summed E-state index contributed by atoms with van der Waals surface area (Å²) in [6.45, 7) is 1.05. The molecule has 2 rings (SSSR count). The molecule has 2 nitrogen and oxygen atoms in total. The van der Waals surface area contributed by atoms with Crippen molar-refractivity contribution in [1.29, 1.82) is 0 Å². The molecule has 6 heteroatoms. The molecule has 1 aliphatic rings. The zero-order chi connectivity index (χ0) is 13.3. The number of ether oxygens (including phenoxy) is 1. The van der Waals surface area contributed by atoms with Crippen LogP contribution in [0, 0.1) is 11.7 Å². The van der Waals surface area contributed by atoms with E-state index in [4.69, 9.17) is 10.5 Å². The smallest absolute Gasteiger partial charge is 0.381 e. The van der Waals surface area contributed by atoms with Gasteiger partial charge in [-0.25, -0.2) is 4.39 Å². The predicted octanol–water partition coefficient (Wildman–Crippen LogP) is 2.88. The van der Waals surface area contributed by atoms with Crippen molar-refractivity contribution in [3.8, 4) is 0 Å². The van der Waals surface area contributed by atoms with Crippen molar-refractivity contribution in [1.82, 2.24) is 0 Å². The largest absolute Gasteiger partial charge is 0.419 e. The first-order valence-corrected chi connectivity index (χ1v) is 5.59. The van der Waals surface area contributed by atoms with Gasteiger partial charge in [0.05, 0.1) is 12.2 Å². The lowest BCUT2D eigenvalue weighted by Gasteiger charge is -2.19. The molecule has 100 valence electrons. The van der Waals surface area contributed by atoms with Crippen molar-refractivity contribution in [2.24, 2.45) is 11.7 Å². The third-order valence-electron chi connectivity index (χ3n) is 3.16. The van der Waals surface area contributed by atoms with Gasteiger partial charge in [0.2, 0.25) is 0 Å². The van der Waals surface area contributed by atoms with E-state index in [0.29, 0.717) is 18.8 Å². The number of halogens is 4. The molecule has 1 heterocycles. The van der Waals surface area contributed by atoms with E-state index in [-0.39, 0.29) is 5.92 Å². The second kappa shape index (κ2) is 4.85. The summed E-state index contributed by atoms with van der Waals surface area (Å²) in [6, 6.07) is 2.34. The Morgan fingerprint density at radius 3 is 2.56 bits per heavy atom. The van der Waals surface area contributed by atoms with Gasteiger partial charge in [0, 0.05) is 18.6 Å². The number of nitrogens with two attached hydrogens (primary N) is 1. The SMILES string of the molecule is NC(c1ccc(C(F)(F)F)c(F)c1)C1CCOC1. The topological polar surface area (TPSA) is 35.2 Å². The van der Waals surface area contributed by atoms with Gasteiger partial charge in [0.15, 0.2) is 0 Å². The average molecular weight is 263 g/mol. The van der Waals surface area contributed by atoms with Gasteiger partial charge >= 0.3 is 6.18 Å². The van der Waals surface area contributed by atoms with Crippen LogP contribution < -0.4 is 5.73 Å². The lowest BCUT2D eigenvalue weighted by atomic mass is 9.92. The van der Waals surface area contributed by atoms with Crippen LogP contribution in [0.25, 0.3) is 0 Å². The Hall–Kier alpha value is -1.14. The van der Waals surface area contributed by atoms with Crippen molar-refractivity contribution in [3.63, 3.8) is 0 Å². The first-order valence-electron chi connectivity index (χ1n) is 5.59. The summed E-state index contributed by atoms with van der Waals surface area (Å²) >= 11 is 0. The zero-order valence-corrected chi connectivity index (χ0v) is 9.51. The highest BCUT2D eigenvalue weighted by Gasteiger charge is 2.34. The van der Waals surface area contributed by atoms with Crippen LogP contribution in [0.2, 0.25) is 0 Å². The normalized spacial score (nSPS) is 22.2. The van der Waals surface area contributed by atoms with E-state index in [1.165, 1.54) is 6.07 Å². The molecule has 0 spiro atoms. The second-order valence-electron chi connectivity index (χ2n) is 4.39. The van der Waals surface area contributed by atoms with Gasteiger partial charge in [-0.05, 0) is 24.1 Å². The van der Waals surface area contributed by atoms with Gasteiger partial charge in [-0.3, -0.25) is 0 Å². The quantitative estimate of drug-likeness (QED) is 0.833. The molecule has 1 saturated heterocycles. The number of alkyl halides is 3. The van der Waals surface area contributed by atoms with E-state index in [1.807, 2.05) is 0 Å². The molecule has 2 atom stereocenters. The summed E-state index contributed by atoms with van der Waals surface area (Å²) in [5, 5.41) is 0. The van der Waals surface area contributed by atoms with Gasteiger partial charge in [0.1, 0.15) is 5.82 Å². The van der Waals surface area contributed by atoms with Gasteiger partial charge in [-0.15, -0.1) is 0 Å². The van der Waals surface area contributed by atoms with Crippen molar-refractivity contribution >= 4 is 0 Å². The Morgan fingerprint density at radius 1 is 1.33 bits per heavy atom. The third-order valence-corrected chi connectivity index (χ3v) is 3.16. The maximum atomic E-state index is 13.4. The molecule has 2 N–H and O–H groups in total. The van der Waals surface area contributed by atoms with Crippen LogP contribution in [0.3, 0.4) is 0 Å². The predicted molar refractivity (Wildman–Crippen MR) is 57.3 cm³/mol. The summed E-state index contributed by atoms with van der Waals surface area (Å²) in [5.74, 6) is -1.25. The number of hydrogen-bond acceptors (Lipinski definition) is 2. The second-order valence-corrected chi connectivity index (χ2v) is 4.39. The molecule has 1 aromatic rings. The zero-order valence-electron chi connectivity index (χ0n) is 9.51. The molecule has 18 heavy (non-hydrogen) atoms. The Morgan fingerprint density at radius 2 is 2.06 bits per heavy atom. The van der Waals surface area contributed by atoms with E-state index in [2.05, 4.69) is 0 Å². The van der Waals surface area contributed by atoms with E-state index in [1.54, 1.807) is 0 Å². The monoisotopic (exact) mass is 263 g/mol. The molecule has 0 bridgehead atoms. The van der Waals surface area contributed by atoms with Crippen molar-refractivity contribution in [3.05, 3.63) is 35.1 Å². The van der Waals surface area contributed by atoms with Gasteiger partial charge in [-0.2, -0.15) is 13.2 Å². The summed E-state index contributed by atoms with van der Waals surface area (Å²) in [4.78, 5) is 0. The molecule has 2 unspecified atom stereocenters. The van der Waals surface area contributed by atoms with Gasteiger partial charge < -0.3 is 10.5 Å². The Balaban J connectivity index is 2.23. The highest BCUT2D eigenvalue weighted by Crippen LogP contribution is 2.34. The molecule has 0 radical (unpaired) electrons. The number of benzene rings is 1. The summed E-state index contributed by atoms with van der Waals surface area (Å²) in [7, 11) is 0. The Bertz CT molecular complexity index is 427. The van der Waals surface area contributed by atoms with E-state index in [0.717, 1.165) is 18.6 Å². The summed E-state index contributed by atoms with van der Waals surface area (Å²) < 4.78 is 55.7. The van der Waals surface area contributed by atoms with Crippen LogP contribution in [0.15, 0.2) is 18.2 Å². The van der Waals surface area contributed by atoms with Gasteiger partial charge in [0.25, 0.3) is 0 Å². The fraction of sp³-hybridized carbons (Fsp3) is 0.500. The van der Waals surface area contributed by atoms with Crippen LogP contribution in [0.1, 0.15) is 23.6 Å². The summed E-state index contributed by atoms with van der Waals surface area (Å²) in [5.41, 5.74) is 5.01. The maximum Gasteiger partial charge on any atom is 0.419 e. The summed E-state index contributed by atoms with van der Waals surface area (Å²) in [6.07, 6.45) is -3.94. The van der Waals surface area contributed by atoms with Crippen LogP contribution in [0.5, 0.6) is 0 Å². The minimum atomic E-state index is -4.68. The van der Waals surface area contributed by atoms with Crippen LogP contribution >= 0.6 is 0 Å². The molecule has 1 fully saturated rings. The van der Waals surface area contributed by atoms with Crippen LogP contribution in [-0.2, 0) is 10.9 Å². The fourth-order valence-corrected chi connectivity index (χ4v) is 2.08. The van der Waals surface area contributed by atoms with E-state index >= 15 is 0 Å². The van der Waals surface area contributed by atoms with Crippen LogP contribution in [-0.4, -0.2) is 13.2 Å². The van der Waals surface area contributed by atoms with Crippen molar-refractivity contribution < 1.29 is 22.3 Å². The first kappa shape index (κ1) is 13.3. The number of rotatable bonds is 2. The standard InChI is InChI=1S/C12H13F4NO/c13-10-5-7(1-2-9(10)12(14,15)16)11(17)8-3-4-18-6-8/h1-2,5,8,11H,3-4,6,17H2. The minimum absolute atomic E-state index is 0.0288. The lowest BCUT2D eigenvalue weighted by Crippen LogP contribution is -2.22. The lowest BCUT2D eigenvalue weighted by molar-refractivity contribution is -0.140. The molecule has 0 saturated carbocycles. The highest BCUT2D eigenvalue weighted by molar-refractivity contribution is 5.28. The molecule has 1 aliphatic heterocycles. The highest BCUT2D eigenvalue weighted by atomic mass is 19.4.